The number of hydrogen-bond acceptors (Lipinski definition) is 2. The molecular weight excluding hydrogens is 186 g/mol. The largest absolute Gasteiger partial charge is 0.335 e. The Labute approximate surface area is 90.9 Å². The van der Waals surface area contributed by atoms with Gasteiger partial charge in [0.2, 0.25) is 0 Å². The Morgan fingerprint density at radius 2 is 2.20 bits per heavy atom. The third-order valence-electron chi connectivity index (χ3n) is 3.72. The minimum absolute atomic E-state index is 0.635. The second-order valence-electron chi connectivity index (χ2n) is 4.92. The molecular formula is C12H19N3. The molecule has 1 aromatic heterocycles. The van der Waals surface area contributed by atoms with Crippen LogP contribution in [0.5, 0.6) is 0 Å². The minimum atomic E-state index is 0.635. The molecule has 82 valence electrons. The SMILES string of the molecule is Cn1c(C2CC2)cnc1C1CCCNC1. The van der Waals surface area contributed by atoms with Gasteiger partial charge >= 0.3 is 0 Å². The van der Waals surface area contributed by atoms with Crippen LogP contribution < -0.4 is 5.32 Å². The summed E-state index contributed by atoms with van der Waals surface area (Å²) in [6.07, 6.45) is 7.41. The lowest BCUT2D eigenvalue weighted by Gasteiger charge is -2.22. The van der Waals surface area contributed by atoms with E-state index in [0.717, 1.165) is 12.5 Å². The minimum Gasteiger partial charge on any atom is -0.335 e. The highest BCUT2D eigenvalue weighted by atomic mass is 15.1. The standard InChI is InChI=1S/C12H19N3/c1-15-11(9-4-5-9)8-14-12(15)10-3-2-6-13-7-10/h8-10,13H,2-7H2,1H3. The van der Waals surface area contributed by atoms with Gasteiger partial charge in [-0.2, -0.15) is 0 Å². The first-order valence-corrected chi connectivity index (χ1v) is 6.08. The van der Waals surface area contributed by atoms with Gasteiger partial charge in [-0.05, 0) is 32.2 Å². The van der Waals surface area contributed by atoms with E-state index in [1.165, 1.54) is 43.7 Å². The molecule has 2 aliphatic rings. The van der Waals surface area contributed by atoms with E-state index < -0.39 is 0 Å². The van der Waals surface area contributed by atoms with E-state index in [1.54, 1.807) is 0 Å². The van der Waals surface area contributed by atoms with Crippen molar-refractivity contribution in [3.63, 3.8) is 0 Å². The molecule has 15 heavy (non-hydrogen) atoms. The first kappa shape index (κ1) is 9.40. The van der Waals surface area contributed by atoms with Crippen LogP contribution in [0.25, 0.3) is 0 Å². The highest BCUT2D eigenvalue weighted by Gasteiger charge is 2.29. The molecule has 0 amide bonds. The number of aromatic nitrogens is 2. The average molecular weight is 205 g/mol. The molecule has 2 heterocycles. The molecule has 1 saturated carbocycles. The Balaban J connectivity index is 1.83. The maximum Gasteiger partial charge on any atom is 0.113 e. The summed E-state index contributed by atoms with van der Waals surface area (Å²) >= 11 is 0. The Bertz CT molecular complexity index is 346. The normalized spacial score (nSPS) is 26.9. The molecule has 3 nitrogen and oxygen atoms in total. The lowest BCUT2D eigenvalue weighted by Crippen LogP contribution is -2.29. The van der Waals surface area contributed by atoms with Crippen LogP contribution in [0.4, 0.5) is 0 Å². The van der Waals surface area contributed by atoms with E-state index in [0.29, 0.717) is 5.92 Å². The van der Waals surface area contributed by atoms with Crippen LogP contribution in [0.1, 0.15) is 49.0 Å². The monoisotopic (exact) mass is 205 g/mol. The summed E-state index contributed by atoms with van der Waals surface area (Å²) in [5.74, 6) is 2.74. The van der Waals surface area contributed by atoms with E-state index >= 15 is 0 Å². The van der Waals surface area contributed by atoms with Crippen molar-refractivity contribution in [2.45, 2.75) is 37.5 Å². The molecule has 1 N–H and O–H groups in total. The van der Waals surface area contributed by atoms with E-state index in [-0.39, 0.29) is 0 Å². The lowest BCUT2D eigenvalue weighted by molar-refractivity contribution is 0.438. The number of nitrogens with one attached hydrogen (secondary N) is 1. The zero-order chi connectivity index (χ0) is 10.3. The van der Waals surface area contributed by atoms with Gasteiger partial charge in [-0.15, -0.1) is 0 Å². The summed E-state index contributed by atoms with van der Waals surface area (Å²) in [6.45, 7) is 2.28. The Morgan fingerprint density at radius 1 is 1.33 bits per heavy atom. The number of nitrogens with zero attached hydrogens (tertiary/aromatic N) is 2. The fourth-order valence-corrected chi connectivity index (χ4v) is 2.65. The molecule has 0 aromatic carbocycles. The average Bonchev–Trinajstić information content (AvgIpc) is 3.04. The van der Waals surface area contributed by atoms with Crippen LogP contribution in [0.15, 0.2) is 6.20 Å². The van der Waals surface area contributed by atoms with Crippen molar-refractivity contribution < 1.29 is 0 Å². The molecule has 2 fully saturated rings. The Kier molecular flexibility index (Phi) is 2.28. The third kappa shape index (κ3) is 1.69. The predicted octanol–water partition coefficient (Wildman–Crippen LogP) is 1.76. The lowest BCUT2D eigenvalue weighted by atomic mass is 9.99. The first-order valence-electron chi connectivity index (χ1n) is 6.08. The molecule has 3 heteroatoms. The van der Waals surface area contributed by atoms with Gasteiger partial charge in [0.05, 0.1) is 0 Å². The second kappa shape index (κ2) is 3.63. The quantitative estimate of drug-likeness (QED) is 0.797. The maximum atomic E-state index is 4.62. The van der Waals surface area contributed by atoms with Crippen molar-refractivity contribution in [3.05, 3.63) is 17.7 Å². The molecule has 1 aliphatic heterocycles. The van der Waals surface area contributed by atoms with Gasteiger partial charge in [-0.1, -0.05) is 0 Å². The third-order valence-corrected chi connectivity index (χ3v) is 3.72. The summed E-state index contributed by atoms with van der Waals surface area (Å²) in [7, 11) is 2.19. The van der Waals surface area contributed by atoms with Crippen molar-refractivity contribution in [3.8, 4) is 0 Å². The fourth-order valence-electron chi connectivity index (χ4n) is 2.65. The Hall–Kier alpha value is -0.830. The summed E-state index contributed by atoms with van der Waals surface area (Å²) in [6, 6.07) is 0. The van der Waals surface area contributed by atoms with Crippen molar-refractivity contribution in [2.24, 2.45) is 7.05 Å². The van der Waals surface area contributed by atoms with Crippen molar-refractivity contribution in [1.82, 2.24) is 14.9 Å². The van der Waals surface area contributed by atoms with Crippen molar-refractivity contribution in [2.75, 3.05) is 13.1 Å². The molecule has 0 spiro atoms. The smallest absolute Gasteiger partial charge is 0.113 e. The molecule has 0 bridgehead atoms. The summed E-state index contributed by atoms with van der Waals surface area (Å²) in [5, 5.41) is 3.46. The number of imidazole rings is 1. The van der Waals surface area contributed by atoms with Crippen LogP contribution in [-0.2, 0) is 7.05 Å². The van der Waals surface area contributed by atoms with E-state index in [2.05, 4.69) is 28.1 Å². The van der Waals surface area contributed by atoms with Gasteiger partial charge in [-0.25, -0.2) is 4.98 Å². The summed E-state index contributed by atoms with van der Waals surface area (Å²) in [5.41, 5.74) is 1.45. The van der Waals surface area contributed by atoms with Crippen LogP contribution in [0.2, 0.25) is 0 Å². The van der Waals surface area contributed by atoms with Gasteiger partial charge in [0, 0.05) is 37.3 Å². The van der Waals surface area contributed by atoms with Gasteiger partial charge < -0.3 is 9.88 Å². The summed E-state index contributed by atoms with van der Waals surface area (Å²) in [4.78, 5) is 4.62. The van der Waals surface area contributed by atoms with Crippen LogP contribution in [0.3, 0.4) is 0 Å². The highest BCUT2D eigenvalue weighted by molar-refractivity contribution is 5.18. The van der Waals surface area contributed by atoms with Gasteiger partial charge in [0.25, 0.3) is 0 Å². The van der Waals surface area contributed by atoms with Crippen LogP contribution >= 0.6 is 0 Å². The molecule has 0 radical (unpaired) electrons. The van der Waals surface area contributed by atoms with Gasteiger partial charge in [0.1, 0.15) is 5.82 Å². The molecule has 1 atom stereocenters. The molecule has 1 aliphatic carbocycles. The topological polar surface area (TPSA) is 29.9 Å². The predicted molar refractivity (Wildman–Crippen MR) is 60.0 cm³/mol. The molecule has 1 aromatic rings. The first-order chi connectivity index (χ1) is 7.36. The van der Waals surface area contributed by atoms with Crippen LogP contribution in [0, 0.1) is 0 Å². The van der Waals surface area contributed by atoms with E-state index in [4.69, 9.17) is 0 Å². The fraction of sp³-hybridized carbons (Fsp3) is 0.750. The van der Waals surface area contributed by atoms with Crippen LogP contribution in [-0.4, -0.2) is 22.6 Å². The zero-order valence-electron chi connectivity index (χ0n) is 9.37. The highest BCUT2D eigenvalue weighted by Crippen LogP contribution is 2.40. The van der Waals surface area contributed by atoms with Crippen molar-refractivity contribution in [1.29, 1.82) is 0 Å². The number of hydrogen-bond donors (Lipinski definition) is 1. The maximum absolute atomic E-state index is 4.62. The van der Waals surface area contributed by atoms with Crippen molar-refractivity contribution >= 4 is 0 Å². The molecule has 3 rings (SSSR count). The van der Waals surface area contributed by atoms with E-state index in [1.807, 2.05) is 0 Å². The zero-order valence-corrected chi connectivity index (χ0v) is 9.37. The molecule has 1 unspecified atom stereocenters. The van der Waals surface area contributed by atoms with Gasteiger partial charge in [-0.3, -0.25) is 0 Å². The number of rotatable bonds is 2. The number of piperidine rings is 1. The van der Waals surface area contributed by atoms with E-state index in [9.17, 15) is 0 Å². The van der Waals surface area contributed by atoms with Gasteiger partial charge in [0.15, 0.2) is 0 Å². The Morgan fingerprint density at radius 3 is 2.87 bits per heavy atom. The second-order valence-corrected chi connectivity index (χ2v) is 4.92. The molecule has 1 saturated heterocycles. The summed E-state index contributed by atoms with van der Waals surface area (Å²) < 4.78 is 2.34.